The summed E-state index contributed by atoms with van der Waals surface area (Å²) in [5, 5.41) is 7.27. The molecule has 0 bridgehead atoms. The molecule has 9 heteroatoms. The zero-order valence-corrected chi connectivity index (χ0v) is 18.1. The smallest absolute Gasteiger partial charge is 0.331 e. The van der Waals surface area contributed by atoms with Crippen LogP contribution in [-0.4, -0.2) is 28.3 Å². The first-order chi connectivity index (χ1) is 15.2. The molecule has 3 aromatic rings. The number of nitrogens with zero attached hydrogens (tertiary/aromatic N) is 2. The van der Waals surface area contributed by atoms with E-state index in [0.717, 1.165) is 35.0 Å². The van der Waals surface area contributed by atoms with Gasteiger partial charge in [-0.15, -0.1) is 0 Å². The van der Waals surface area contributed by atoms with Gasteiger partial charge in [-0.1, -0.05) is 29.8 Å². The number of hydrogen-bond donors (Lipinski definition) is 1. The molecule has 3 rings (SSSR count). The van der Waals surface area contributed by atoms with Gasteiger partial charge in [-0.25, -0.2) is 13.6 Å². The molecule has 2 aromatic carbocycles. The highest BCUT2D eigenvalue weighted by Crippen LogP contribution is 2.20. The molecule has 1 amide bonds. The number of hydrogen-bond acceptors (Lipinski definition) is 4. The maximum Gasteiger partial charge on any atom is 0.331 e. The van der Waals surface area contributed by atoms with Gasteiger partial charge in [-0.05, 0) is 43.7 Å². The Morgan fingerprint density at radius 2 is 1.94 bits per heavy atom. The zero-order chi connectivity index (χ0) is 23.3. The first-order valence-corrected chi connectivity index (χ1v) is 9.99. The van der Waals surface area contributed by atoms with E-state index >= 15 is 0 Å². The van der Waals surface area contributed by atoms with E-state index in [1.54, 1.807) is 16.8 Å². The Labute approximate surface area is 188 Å². The third-order valence-electron chi connectivity index (χ3n) is 4.65. The fourth-order valence-electron chi connectivity index (χ4n) is 3.01. The highest BCUT2D eigenvalue weighted by Gasteiger charge is 2.13. The number of esters is 1. The number of ether oxygens (including phenoxy) is 1. The van der Waals surface area contributed by atoms with Gasteiger partial charge in [0.2, 0.25) is 0 Å². The minimum absolute atomic E-state index is 0.334. The highest BCUT2D eigenvalue weighted by atomic mass is 35.5. The molecule has 0 radical (unpaired) electrons. The Bertz CT molecular complexity index is 1190. The predicted molar refractivity (Wildman–Crippen MR) is 117 cm³/mol. The van der Waals surface area contributed by atoms with Gasteiger partial charge >= 0.3 is 5.97 Å². The average Bonchev–Trinajstić information content (AvgIpc) is 3.02. The molecular weight excluding hydrogens is 440 g/mol. The zero-order valence-electron chi connectivity index (χ0n) is 17.4. The largest absolute Gasteiger partial charge is 0.452 e. The SMILES string of the molecule is Cc1nn(Cc2ccccc2Cl)c(C)c1/C=C/C(=O)OCC(=O)Nc1cc(F)ccc1F. The number of nitrogens with one attached hydrogen (secondary N) is 1. The van der Waals surface area contributed by atoms with Crippen LogP contribution in [0.5, 0.6) is 0 Å². The summed E-state index contributed by atoms with van der Waals surface area (Å²) in [6.45, 7) is 3.50. The van der Waals surface area contributed by atoms with Crippen molar-refractivity contribution in [3.8, 4) is 0 Å². The van der Waals surface area contributed by atoms with Crippen molar-refractivity contribution in [1.29, 1.82) is 0 Å². The molecule has 0 spiro atoms. The maximum atomic E-state index is 13.6. The van der Waals surface area contributed by atoms with Gasteiger partial charge in [-0.2, -0.15) is 5.10 Å². The minimum atomic E-state index is -0.800. The molecule has 0 fully saturated rings. The summed E-state index contributed by atoms with van der Waals surface area (Å²) in [6, 6.07) is 10.1. The van der Waals surface area contributed by atoms with Crippen molar-refractivity contribution in [2.45, 2.75) is 20.4 Å². The van der Waals surface area contributed by atoms with Crippen LogP contribution < -0.4 is 5.32 Å². The van der Waals surface area contributed by atoms with E-state index < -0.39 is 30.1 Å². The van der Waals surface area contributed by atoms with Gasteiger partial charge in [0, 0.05) is 28.4 Å². The number of carbonyl (C=O) groups excluding carboxylic acids is 2. The minimum Gasteiger partial charge on any atom is -0.452 e. The van der Waals surface area contributed by atoms with E-state index in [-0.39, 0.29) is 5.69 Å². The van der Waals surface area contributed by atoms with Crippen LogP contribution in [0.15, 0.2) is 48.5 Å². The van der Waals surface area contributed by atoms with Crippen molar-refractivity contribution in [3.05, 3.63) is 87.7 Å². The molecule has 0 saturated heterocycles. The molecule has 0 aliphatic carbocycles. The Hall–Kier alpha value is -3.52. The van der Waals surface area contributed by atoms with Crippen molar-refractivity contribution in [2.24, 2.45) is 0 Å². The first kappa shape index (κ1) is 23.1. The van der Waals surface area contributed by atoms with Crippen LogP contribution in [-0.2, 0) is 20.9 Å². The van der Waals surface area contributed by atoms with E-state index in [2.05, 4.69) is 10.4 Å². The van der Waals surface area contributed by atoms with Crippen LogP contribution in [0.25, 0.3) is 6.08 Å². The average molecular weight is 460 g/mol. The lowest BCUT2D eigenvalue weighted by atomic mass is 10.1. The fourth-order valence-corrected chi connectivity index (χ4v) is 3.21. The second-order valence-electron chi connectivity index (χ2n) is 6.95. The van der Waals surface area contributed by atoms with Crippen LogP contribution in [0.3, 0.4) is 0 Å². The number of halogens is 3. The Kier molecular flexibility index (Phi) is 7.37. The van der Waals surface area contributed by atoms with Gasteiger partial charge < -0.3 is 10.1 Å². The van der Waals surface area contributed by atoms with Crippen LogP contribution in [0.1, 0.15) is 22.5 Å². The summed E-state index contributed by atoms with van der Waals surface area (Å²) in [5.41, 5.74) is 2.85. The van der Waals surface area contributed by atoms with E-state index in [0.29, 0.717) is 17.3 Å². The normalized spacial score (nSPS) is 11.0. The summed E-state index contributed by atoms with van der Waals surface area (Å²) in [5.74, 6) is -3.07. The third-order valence-corrected chi connectivity index (χ3v) is 5.02. The molecular formula is C23H20ClF2N3O3. The van der Waals surface area contributed by atoms with Gasteiger partial charge in [0.15, 0.2) is 6.61 Å². The summed E-state index contributed by atoms with van der Waals surface area (Å²) in [7, 11) is 0. The number of amides is 1. The molecule has 0 aliphatic heterocycles. The summed E-state index contributed by atoms with van der Waals surface area (Å²) >= 11 is 6.22. The number of benzene rings is 2. The van der Waals surface area contributed by atoms with Gasteiger partial charge in [-0.3, -0.25) is 9.48 Å². The number of aromatic nitrogens is 2. The van der Waals surface area contributed by atoms with Crippen molar-refractivity contribution < 1.29 is 23.1 Å². The standard InChI is InChI=1S/C23H20ClF2N3O3/c1-14-18(15(2)29(28-14)12-16-5-3-4-6-19(16)24)8-10-23(31)32-13-22(30)27-21-11-17(25)7-9-20(21)26/h3-11H,12-13H2,1-2H3,(H,27,30)/b10-8+. The maximum absolute atomic E-state index is 13.6. The van der Waals surface area contributed by atoms with E-state index in [4.69, 9.17) is 16.3 Å². The monoisotopic (exact) mass is 459 g/mol. The van der Waals surface area contributed by atoms with E-state index in [1.165, 1.54) is 6.08 Å². The molecule has 1 N–H and O–H groups in total. The van der Waals surface area contributed by atoms with Crippen molar-refractivity contribution in [2.75, 3.05) is 11.9 Å². The van der Waals surface area contributed by atoms with E-state index in [1.807, 2.05) is 32.0 Å². The second-order valence-corrected chi connectivity index (χ2v) is 7.35. The van der Waals surface area contributed by atoms with Crippen LogP contribution in [0.4, 0.5) is 14.5 Å². The summed E-state index contributed by atoms with van der Waals surface area (Å²) in [6.07, 6.45) is 2.72. The van der Waals surface area contributed by atoms with Gasteiger partial charge in [0.25, 0.3) is 5.91 Å². The second kappa shape index (κ2) is 10.2. The molecule has 1 aromatic heterocycles. The Morgan fingerprint density at radius 1 is 1.19 bits per heavy atom. The predicted octanol–water partition coefficient (Wildman–Crippen LogP) is 4.67. The highest BCUT2D eigenvalue weighted by molar-refractivity contribution is 6.31. The molecule has 0 unspecified atom stereocenters. The van der Waals surface area contributed by atoms with Gasteiger partial charge in [0.1, 0.15) is 11.6 Å². The lowest BCUT2D eigenvalue weighted by Crippen LogP contribution is -2.20. The van der Waals surface area contributed by atoms with Crippen LogP contribution >= 0.6 is 11.6 Å². The van der Waals surface area contributed by atoms with Crippen LogP contribution in [0, 0.1) is 25.5 Å². The fraction of sp³-hybridized carbons (Fsp3) is 0.174. The molecule has 0 atom stereocenters. The van der Waals surface area contributed by atoms with E-state index in [9.17, 15) is 18.4 Å². The quantitative estimate of drug-likeness (QED) is 0.411. The van der Waals surface area contributed by atoms with Crippen molar-refractivity contribution in [1.82, 2.24) is 9.78 Å². The third kappa shape index (κ3) is 5.79. The van der Waals surface area contributed by atoms with Crippen molar-refractivity contribution in [3.63, 3.8) is 0 Å². The Balaban J connectivity index is 1.59. The summed E-state index contributed by atoms with van der Waals surface area (Å²) in [4.78, 5) is 23.8. The number of aryl methyl sites for hydroxylation is 1. The number of rotatable bonds is 7. The Morgan fingerprint density at radius 3 is 2.69 bits per heavy atom. The molecule has 166 valence electrons. The molecule has 0 saturated carbocycles. The number of carbonyl (C=O) groups is 2. The molecule has 1 heterocycles. The topological polar surface area (TPSA) is 73.2 Å². The lowest BCUT2D eigenvalue weighted by Gasteiger charge is -2.07. The molecule has 0 aliphatic rings. The molecule has 32 heavy (non-hydrogen) atoms. The lowest BCUT2D eigenvalue weighted by molar-refractivity contribution is -0.142. The first-order valence-electron chi connectivity index (χ1n) is 9.61. The molecule has 6 nitrogen and oxygen atoms in total. The summed E-state index contributed by atoms with van der Waals surface area (Å²) < 4.78 is 33.4. The number of anilines is 1. The van der Waals surface area contributed by atoms with Crippen molar-refractivity contribution >= 4 is 35.2 Å². The van der Waals surface area contributed by atoms with Gasteiger partial charge in [0.05, 0.1) is 17.9 Å². The van der Waals surface area contributed by atoms with Crippen LogP contribution in [0.2, 0.25) is 5.02 Å².